The first-order chi connectivity index (χ1) is 13.0. The zero-order valence-corrected chi connectivity index (χ0v) is 16.5. The van der Waals surface area contributed by atoms with E-state index in [-0.39, 0.29) is 11.9 Å². The molecule has 1 aliphatic heterocycles. The van der Waals surface area contributed by atoms with Crippen LogP contribution in [-0.2, 0) is 4.79 Å². The van der Waals surface area contributed by atoms with Gasteiger partial charge in [0.2, 0.25) is 5.91 Å². The summed E-state index contributed by atoms with van der Waals surface area (Å²) >= 11 is 0. The van der Waals surface area contributed by atoms with Gasteiger partial charge in [0.05, 0.1) is 20.8 Å². The number of anilines is 1. The van der Waals surface area contributed by atoms with Gasteiger partial charge in [0.1, 0.15) is 11.5 Å². The van der Waals surface area contributed by atoms with E-state index in [4.69, 9.17) is 9.47 Å². The molecule has 2 aromatic rings. The number of carbonyl (C=O) groups excluding carboxylic acids is 1. The van der Waals surface area contributed by atoms with Gasteiger partial charge in [0.25, 0.3) is 0 Å². The van der Waals surface area contributed by atoms with Gasteiger partial charge in [-0.2, -0.15) is 0 Å². The van der Waals surface area contributed by atoms with Crippen LogP contribution in [-0.4, -0.2) is 38.1 Å². The Kier molecular flexibility index (Phi) is 6.01. The molecule has 0 bridgehead atoms. The highest BCUT2D eigenvalue weighted by Crippen LogP contribution is 2.38. The molecule has 0 unspecified atom stereocenters. The van der Waals surface area contributed by atoms with Crippen LogP contribution in [0.5, 0.6) is 11.5 Å². The fourth-order valence-electron chi connectivity index (χ4n) is 3.79. The van der Waals surface area contributed by atoms with Crippen molar-refractivity contribution in [3.63, 3.8) is 0 Å². The first kappa shape index (κ1) is 19.2. The number of ether oxygens (including phenoxy) is 2. The number of carbonyl (C=O) groups is 1. The summed E-state index contributed by atoms with van der Waals surface area (Å²) in [7, 11) is 3.32. The quantitative estimate of drug-likeness (QED) is 0.834. The number of nitrogens with one attached hydrogen (secondary N) is 1. The minimum Gasteiger partial charge on any atom is -0.497 e. The summed E-state index contributed by atoms with van der Waals surface area (Å²) < 4.78 is 10.9. The van der Waals surface area contributed by atoms with Crippen LogP contribution in [0.4, 0.5) is 5.69 Å². The van der Waals surface area contributed by atoms with Crippen LogP contribution in [0.1, 0.15) is 35.6 Å². The van der Waals surface area contributed by atoms with E-state index in [9.17, 15) is 4.79 Å². The van der Waals surface area contributed by atoms with Crippen molar-refractivity contribution in [1.29, 1.82) is 0 Å². The van der Waals surface area contributed by atoms with Gasteiger partial charge < -0.3 is 14.8 Å². The second-order valence-electron chi connectivity index (χ2n) is 7.10. The number of nitrogens with zero attached hydrogens (tertiary/aromatic N) is 1. The SMILES string of the molecule is COc1ccc([C@@H]2CCCN2CC(=O)Nc2ccc(C)cc2C)c(OC)c1. The van der Waals surface area contributed by atoms with Crippen molar-refractivity contribution < 1.29 is 14.3 Å². The van der Waals surface area contributed by atoms with E-state index in [1.54, 1.807) is 14.2 Å². The highest BCUT2D eigenvalue weighted by atomic mass is 16.5. The summed E-state index contributed by atoms with van der Waals surface area (Å²) in [5.74, 6) is 1.59. The van der Waals surface area contributed by atoms with E-state index in [0.717, 1.165) is 47.7 Å². The van der Waals surface area contributed by atoms with Crippen molar-refractivity contribution >= 4 is 11.6 Å². The van der Waals surface area contributed by atoms with Gasteiger partial charge in [-0.3, -0.25) is 9.69 Å². The van der Waals surface area contributed by atoms with Crippen LogP contribution < -0.4 is 14.8 Å². The molecular formula is C22H28N2O3. The van der Waals surface area contributed by atoms with Crippen molar-refractivity contribution in [1.82, 2.24) is 4.90 Å². The number of hydrogen-bond donors (Lipinski definition) is 1. The zero-order chi connectivity index (χ0) is 19.4. The Morgan fingerprint density at radius 2 is 1.96 bits per heavy atom. The molecule has 1 heterocycles. The van der Waals surface area contributed by atoms with Crippen molar-refractivity contribution in [2.45, 2.75) is 32.7 Å². The molecular weight excluding hydrogens is 340 g/mol. The Morgan fingerprint density at radius 3 is 2.67 bits per heavy atom. The van der Waals surface area contributed by atoms with Crippen LogP contribution in [0.3, 0.4) is 0 Å². The van der Waals surface area contributed by atoms with E-state index >= 15 is 0 Å². The predicted octanol–water partition coefficient (Wildman–Crippen LogP) is 4.10. The van der Waals surface area contributed by atoms with E-state index in [1.165, 1.54) is 5.56 Å². The van der Waals surface area contributed by atoms with Gasteiger partial charge >= 0.3 is 0 Å². The molecule has 144 valence electrons. The molecule has 1 aliphatic rings. The average molecular weight is 368 g/mol. The Balaban J connectivity index is 1.72. The van der Waals surface area contributed by atoms with Crippen LogP contribution in [0, 0.1) is 13.8 Å². The van der Waals surface area contributed by atoms with Gasteiger partial charge in [0.15, 0.2) is 0 Å². The highest BCUT2D eigenvalue weighted by Gasteiger charge is 2.30. The highest BCUT2D eigenvalue weighted by molar-refractivity contribution is 5.93. The number of methoxy groups -OCH3 is 2. The maximum atomic E-state index is 12.6. The first-order valence-electron chi connectivity index (χ1n) is 9.35. The first-order valence-corrected chi connectivity index (χ1v) is 9.35. The smallest absolute Gasteiger partial charge is 0.238 e. The summed E-state index contributed by atoms with van der Waals surface area (Å²) in [5, 5.41) is 3.05. The minimum atomic E-state index is 0.0151. The van der Waals surface area contributed by atoms with Gasteiger partial charge in [-0.05, 0) is 50.9 Å². The molecule has 2 aromatic carbocycles. The van der Waals surface area contributed by atoms with Gasteiger partial charge in [-0.15, -0.1) is 0 Å². The van der Waals surface area contributed by atoms with Crippen LogP contribution in [0.15, 0.2) is 36.4 Å². The van der Waals surface area contributed by atoms with Crippen LogP contribution >= 0.6 is 0 Å². The normalized spacial score (nSPS) is 17.0. The second kappa shape index (κ2) is 8.44. The monoisotopic (exact) mass is 368 g/mol. The summed E-state index contributed by atoms with van der Waals surface area (Å²) in [6.07, 6.45) is 2.08. The third kappa shape index (κ3) is 4.42. The lowest BCUT2D eigenvalue weighted by Gasteiger charge is -2.26. The van der Waals surface area contributed by atoms with Crippen molar-refractivity contribution in [2.24, 2.45) is 0 Å². The summed E-state index contributed by atoms with van der Waals surface area (Å²) in [5.41, 5.74) is 4.26. The number of aryl methyl sites for hydroxylation is 2. The number of likely N-dealkylation sites (tertiary alicyclic amines) is 1. The van der Waals surface area contributed by atoms with Crippen molar-refractivity contribution in [3.8, 4) is 11.5 Å². The molecule has 1 fully saturated rings. The van der Waals surface area contributed by atoms with E-state index in [1.807, 2.05) is 37.3 Å². The molecule has 1 amide bonds. The van der Waals surface area contributed by atoms with Crippen LogP contribution in [0.25, 0.3) is 0 Å². The molecule has 1 saturated heterocycles. The molecule has 0 aromatic heterocycles. The lowest BCUT2D eigenvalue weighted by atomic mass is 10.0. The molecule has 3 rings (SSSR count). The second-order valence-corrected chi connectivity index (χ2v) is 7.10. The number of hydrogen-bond acceptors (Lipinski definition) is 4. The van der Waals surface area contributed by atoms with Crippen molar-refractivity contribution in [3.05, 3.63) is 53.1 Å². The molecule has 5 nitrogen and oxygen atoms in total. The molecule has 0 spiro atoms. The molecule has 0 radical (unpaired) electrons. The van der Waals surface area contributed by atoms with Gasteiger partial charge in [0, 0.05) is 23.4 Å². The molecule has 0 saturated carbocycles. The topological polar surface area (TPSA) is 50.8 Å². The van der Waals surface area contributed by atoms with Crippen molar-refractivity contribution in [2.75, 3.05) is 32.6 Å². The Labute approximate surface area is 161 Å². The fourth-order valence-corrected chi connectivity index (χ4v) is 3.79. The van der Waals surface area contributed by atoms with E-state index < -0.39 is 0 Å². The molecule has 27 heavy (non-hydrogen) atoms. The Bertz CT molecular complexity index is 819. The largest absolute Gasteiger partial charge is 0.497 e. The molecule has 0 aliphatic carbocycles. The standard InChI is InChI=1S/C22H28N2O3/c1-15-7-10-19(16(2)12-15)23-22(25)14-24-11-5-6-20(24)18-9-8-17(26-3)13-21(18)27-4/h7-10,12-13,20H,5-6,11,14H2,1-4H3,(H,23,25)/t20-/m0/s1. The van der Waals surface area contributed by atoms with Gasteiger partial charge in [-0.1, -0.05) is 23.8 Å². The molecule has 5 heteroatoms. The third-order valence-corrected chi connectivity index (χ3v) is 5.17. The van der Waals surface area contributed by atoms with Crippen LogP contribution in [0.2, 0.25) is 0 Å². The van der Waals surface area contributed by atoms with E-state index in [2.05, 4.69) is 23.2 Å². The minimum absolute atomic E-state index is 0.0151. The number of rotatable bonds is 6. The predicted molar refractivity (Wildman–Crippen MR) is 108 cm³/mol. The maximum Gasteiger partial charge on any atom is 0.238 e. The Morgan fingerprint density at radius 1 is 1.15 bits per heavy atom. The average Bonchev–Trinajstić information content (AvgIpc) is 3.11. The molecule has 1 N–H and O–H groups in total. The number of benzene rings is 2. The number of amides is 1. The maximum absolute atomic E-state index is 12.6. The third-order valence-electron chi connectivity index (χ3n) is 5.17. The summed E-state index contributed by atoms with van der Waals surface area (Å²) in [4.78, 5) is 14.9. The summed E-state index contributed by atoms with van der Waals surface area (Å²) in [6, 6.07) is 12.1. The zero-order valence-electron chi connectivity index (χ0n) is 16.5. The Hall–Kier alpha value is -2.53. The lowest BCUT2D eigenvalue weighted by molar-refractivity contribution is -0.117. The van der Waals surface area contributed by atoms with E-state index in [0.29, 0.717) is 6.54 Å². The van der Waals surface area contributed by atoms with Gasteiger partial charge in [-0.25, -0.2) is 0 Å². The molecule has 1 atom stereocenters. The fraction of sp³-hybridized carbons (Fsp3) is 0.409. The summed E-state index contributed by atoms with van der Waals surface area (Å²) in [6.45, 7) is 5.34. The lowest BCUT2D eigenvalue weighted by Crippen LogP contribution is -2.33.